The fourth-order valence-corrected chi connectivity index (χ4v) is 3.13. The molecular formula is C15H23ClN2O4S. The third-order valence-corrected chi connectivity index (χ3v) is 5.31. The van der Waals surface area contributed by atoms with Crippen LogP contribution in [0.5, 0.6) is 0 Å². The Kier molecular flexibility index (Phi) is 7.47. The SMILES string of the molecule is CC(C)OCCCNC(=O)c1ccc(Cl)c(S(=O)(=O)N(C)C)c1. The molecule has 0 bridgehead atoms. The number of carbonyl (C=O) groups is 1. The van der Waals surface area contributed by atoms with E-state index in [9.17, 15) is 13.2 Å². The van der Waals surface area contributed by atoms with Crippen molar-refractivity contribution < 1.29 is 17.9 Å². The molecule has 6 nitrogen and oxygen atoms in total. The van der Waals surface area contributed by atoms with Crippen molar-refractivity contribution in [1.82, 2.24) is 9.62 Å². The fraction of sp³-hybridized carbons (Fsp3) is 0.533. The molecule has 1 aromatic carbocycles. The third kappa shape index (κ3) is 5.76. The summed E-state index contributed by atoms with van der Waals surface area (Å²) in [5, 5.41) is 2.81. The van der Waals surface area contributed by atoms with E-state index >= 15 is 0 Å². The monoisotopic (exact) mass is 362 g/mol. The Morgan fingerprint density at radius 2 is 2.00 bits per heavy atom. The van der Waals surface area contributed by atoms with Crippen LogP contribution in [0.25, 0.3) is 0 Å². The molecular weight excluding hydrogens is 340 g/mol. The van der Waals surface area contributed by atoms with Crippen molar-refractivity contribution in [3.05, 3.63) is 28.8 Å². The number of sulfonamides is 1. The number of amides is 1. The van der Waals surface area contributed by atoms with E-state index < -0.39 is 10.0 Å². The standard InChI is InChI=1S/C15H23ClN2O4S/c1-11(2)22-9-5-8-17-15(19)12-6-7-13(16)14(10-12)23(20,21)18(3)4/h6-7,10-11H,5,8-9H2,1-4H3,(H,17,19). The normalized spacial score (nSPS) is 12.0. The second kappa shape index (κ2) is 8.63. The van der Waals surface area contributed by atoms with Crippen molar-refractivity contribution in [2.45, 2.75) is 31.3 Å². The molecule has 0 aromatic heterocycles. The van der Waals surface area contributed by atoms with Gasteiger partial charge in [-0.25, -0.2) is 12.7 Å². The molecule has 1 N–H and O–H groups in total. The summed E-state index contributed by atoms with van der Waals surface area (Å²) in [4.78, 5) is 12.0. The first-order chi connectivity index (χ1) is 10.7. The Morgan fingerprint density at radius 3 is 2.57 bits per heavy atom. The zero-order valence-electron chi connectivity index (χ0n) is 13.8. The van der Waals surface area contributed by atoms with Gasteiger partial charge in [-0.2, -0.15) is 0 Å². The maximum Gasteiger partial charge on any atom is 0.251 e. The van der Waals surface area contributed by atoms with Gasteiger partial charge in [-0.15, -0.1) is 0 Å². The van der Waals surface area contributed by atoms with Gasteiger partial charge in [-0.05, 0) is 38.5 Å². The van der Waals surface area contributed by atoms with E-state index in [0.717, 1.165) is 4.31 Å². The van der Waals surface area contributed by atoms with Crippen LogP contribution in [0.1, 0.15) is 30.6 Å². The van der Waals surface area contributed by atoms with E-state index in [-0.39, 0.29) is 27.5 Å². The lowest BCUT2D eigenvalue weighted by Gasteiger charge is -2.14. The van der Waals surface area contributed by atoms with Gasteiger partial charge in [0.15, 0.2) is 0 Å². The maximum absolute atomic E-state index is 12.2. The molecule has 0 aliphatic rings. The highest BCUT2D eigenvalue weighted by Gasteiger charge is 2.22. The topological polar surface area (TPSA) is 75.7 Å². The van der Waals surface area contributed by atoms with Crippen LogP contribution in [0.3, 0.4) is 0 Å². The zero-order chi connectivity index (χ0) is 17.6. The highest BCUT2D eigenvalue weighted by Crippen LogP contribution is 2.24. The number of nitrogens with one attached hydrogen (secondary N) is 1. The first kappa shape index (κ1) is 19.9. The second-order valence-corrected chi connectivity index (χ2v) is 7.99. The third-order valence-electron chi connectivity index (χ3n) is 3.01. The predicted molar refractivity (Wildman–Crippen MR) is 90.4 cm³/mol. The van der Waals surface area contributed by atoms with Gasteiger partial charge in [0.25, 0.3) is 5.91 Å². The number of hydrogen-bond donors (Lipinski definition) is 1. The number of halogens is 1. The Bertz CT molecular complexity index is 645. The summed E-state index contributed by atoms with van der Waals surface area (Å²) in [6.45, 7) is 4.89. The summed E-state index contributed by atoms with van der Waals surface area (Å²) >= 11 is 5.95. The largest absolute Gasteiger partial charge is 0.379 e. The lowest BCUT2D eigenvalue weighted by atomic mass is 10.2. The molecule has 23 heavy (non-hydrogen) atoms. The molecule has 0 saturated carbocycles. The van der Waals surface area contributed by atoms with Crippen LogP contribution in [-0.2, 0) is 14.8 Å². The highest BCUT2D eigenvalue weighted by atomic mass is 35.5. The summed E-state index contributed by atoms with van der Waals surface area (Å²) in [5.74, 6) is -0.346. The van der Waals surface area contributed by atoms with Crippen LogP contribution in [0.2, 0.25) is 5.02 Å². The molecule has 0 aliphatic heterocycles. The molecule has 0 heterocycles. The van der Waals surface area contributed by atoms with Crippen molar-refractivity contribution >= 4 is 27.5 Å². The summed E-state index contributed by atoms with van der Waals surface area (Å²) in [6, 6.07) is 4.20. The van der Waals surface area contributed by atoms with E-state index in [1.165, 1.54) is 32.3 Å². The van der Waals surface area contributed by atoms with Crippen molar-refractivity contribution in [3.63, 3.8) is 0 Å². The van der Waals surface area contributed by atoms with Crippen LogP contribution in [-0.4, -0.2) is 52.0 Å². The van der Waals surface area contributed by atoms with E-state index in [1.54, 1.807) is 0 Å². The summed E-state index contributed by atoms with van der Waals surface area (Å²) in [6.07, 6.45) is 0.834. The van der Waals surface area contributed by atoms with Crippen LogP contribution in [0.15, 0.2) is 23.1 Å². The predicted octanol–water partition coefficient (Wildman–Crippen LogP) is 2.14. The molecule has 0 saturated heterocycles. The van der Waals surface area contributed by atoms with Crippen LogP contribution in [0.4, 0.5) is 0 Å². The van der Waals surface area contributed by atoms with Gasteiger partial charge in [-0.1, -0.05) is 11.6 Å². The number of benzene rings is 1. The first-order valence-corrected chi connectivity index (χ1v) is 9.10. The smallest absolute Gasteiger partial charge is 0.251 e. The lowest BCUT2D eigenvalue weighted by Crippen LogP contribution is -2.27. The number of carbonyl (C=O) groups excluding carboxylic acids is 1. The summed E-state index contributed by atoms with van der Waals surface area (Å²) in [5.41, 5.74) is 0.250. The first-order valence-electron chi connectivity index (χ1n) is 7.28. The fourth-order valence-electron chi connectivity index (χ4n) is 1.73. The number of nitrogens with zero attached hydrogens (tertiary/aromatic N) is 1. The van der Waals surface area contributed by atoms with E-state index in [2.05, 4.69) is 5.32 Å². The maximum atomic E-state index is 12.2. The van der Waals surface area contributed by atoms with Crippen molar-refractivity contribution in [1.29, 1.82) is 0 Å². The minimum absolute atomic E-state index is 0.0834. The van der Waals surface area contributed by atoms with Gasteiger partial charge in [0.1, 0.15) is 4.90 Å². The molecule has 0 fully saturated rings. The number of hydrogen-bond acceptors (Lipinski definition) is 4. The van der Waals surface area contributed by atoms with E-state index in [0.29, 0.717) is 19.6 Å². The zero-order valence-corrected chi connectivity index (χ0v) is 15.4. The molecule has 8 heteroatoms. The van der Waals surface area contributed by atoms with Crippen LogP contribution in [0, 0.1) is 0 Å². The van der Waals surface area contributed by atoms with Gasteiger partial charge >= 0.3 is 0 Å². The quantitative estimate of drug-likeness (QED) is 0.719. The Hall–Kier alpha value is -1.15. The number of rotatable bonds is 8. The van der Waals surface area contributed by atoms with Gasteiger partial charge in [0, 0.05) is 32.8 Å². The molecule has 0 unspecified atom stereocenters. The molecule has 0 atom stereocenters. The van der Waals surface area contributed by atoms with Crippen LogP contribution < -0.4 is 5.32 Å². The molecule has 1 amide bonds. The highest BCUT2D eigenvalue weighted by molar-refractivity contribution is 7.89. The molecule has 130 valence electrons. The van der Waals surface area contributed by atoms with Gasteiger partial charge in [0.2, 0.25) is 10.0 Å². The minimum Gasteiger partial charge on any atom is -0.379 e. The van der Waals surface area contributed by atoms with Crippen molar-refractivity contribution in [2.75, 3.05) is 27.2 Å². The van der Waals surface area contributed by atoms with E-state index in [1.807, 2.05) is 13.8 Å². The second-order valence-electron chi connectivity index (χ2n) is 5.46. The average Bonchev–Trinajstić information content (AvgIpc) is 2.46. The summed E-state index contributed by atoms with van der Waals surface area (Å²) < 4.78 is 30.8. The average molecular weight is 363 g/mol. The Labute approximate surface area is 142 Å². The van der Waals surface area contributed by atoms with Crippen molar-refractivity contribution in [3.8, 4) is 0 Å². The molecule has 1 aromatic rings. The van der Waals surface area contributed by atoms with Crippen molar-refractivity contribution in [2.24, 2.45) is 0 Å². The summed E-state index contributed by atoms with van der Waals surface area (Å²) in [7, 11) is -0.881. The molecule has 1 rings (SSSR count). The Balaban J connectivity index is 2.76. The van der Waals surface area contributed by atoms with Gasteiger partial charge in [0.05, 0.1) is 11.1 Å². The number of ether oxygens (including phenoxy) is 1. The lowest BCUT2D eigenvalue weighted by molar-refractivity contribution is 0.0757. The Morgan fingerprint density at radius 1 is 1.35 bits per heavy atom. The van der Waals surface area contributed by atoms with E-state index in [4.69, 9.17) is 16.3 Å². The molecule has 0 aliphatic carbocycles. The van der Waals surface area contributed by atoms with Gasteiger partial charge in [-0.3, -0.25) is 4.79 Å². The van der Waals surface area contributed by atoms with Gasteiger partial charge < -0.3 is 10.1 Å². The molecule has 0 spiro atoms. The molecule has 0 radical (unpaired) electrons. The van der Waals surface area contributed by atoms with Crippen LogP contribution >= 0.6 is 11.6 Å². The minimum atomic E-state index is -3.70.